The van der Waals surface area contributed by atoms with Crippen LogP contribution in [0.4, 0.5) is 0 Å². The monoisotopic (exact) mass is 253 g/mol. The highest BCUT2D eigenvalue weighted by Crippen LogP contribution is 2.26. The average Bonchev–Trinajstić information content (AvgIpc) is 2.42. The summed E-state index contributed by atoms with van der Waals surface area (Å²) in [5.74, 6) is 0.900. The molecule has 1 aliphatic carbocycles. The molecule has 1 unspecified atom stereocenters. The van der Waals surface area contributed by atoms with Crippen molar-refractivity contribution in [3.8, 4) is 0 Å². The maximum Gasteiger partial charge on any atom is 0.132 e. The van der Waals surface area contributed by atoms with Gasteiger partial charge < -0.3 is 5.73 Å². The van der Waals surface area contributed by atoms with Crippen molar-refractivity contribution in [2.45, 2.75) is 38.6 Å². The third-order valence-corrected chi connectivity index (χ3v) is 3.76. The van der Waals surface area contributed by atoms with Crippen LogP contribution in [0.2, 0.25) is 0 Å². The summed E-state index contributed by atoms with van der Waals surface area (Å²) in [7, 11) is 0. The van der Waals surface area contributed by atoms with Crippen molar-refractivity contribution in [1.29, 1.82) is 0 Å². The van der Waals surface area contributed by atoms with E-state index in [0.29, 0.717) is 0 Å². The second-order valence-corrected chi connectivity index (χ2v) is 5.35. The number of aromatic nitrogens is 2. The topological polar surface area (TPSA) is 51.8 Å². The summed E-state index contributed by atoms with van der Waals surface area (Å²) in [4.78, 5) is 9.16. The van der Waals surface area contributed by atoms with Crippen LogP contribution in [-0.2, 0) is 12.8 Å². The van der Waals surface area contributed by atoms with Gasteiger partial charge in [-0.25, -0.2) is 9.97 Å². The molecule has 1 atom stereocenters. The normalized spacial score (nSPS) is 18.1. The van der Waals surface area contributed by atoms with Crippen LogP contribution >= 0.6 is 0 Å². The zero-order chi connectivity index (χ0) is 13.2. The Kier molecular flexibility index (Phi) is 3.30. The Morgan fingerprint density at radius 3 is 2.84 bits per heavy atom. The van der Waals surface area contributed by atoms with E-state index in [-0.39, 0.29) is 6.04 Å². The van der Waals surface area contributed by atoms with Crippen LogP contribution in [0.1, 0.15) is 47.1 Å². The molecule has 3 rings (SSSR count). The first-order valence-electron chi connectivity index (χ1n) is 6.88. The molecule has 19 heavy (non-hydrogen) atoms. The van der Waals surface area contributed by atoms with E-state index in [2.05, 4.69) is 36.2 Å². The van der Waals surface area contributed by atoms with Crippen molar-refractivity contribution in [3.05, 3.63) is 58.7 Å². The molecule has 2 aromatic rings. The fraction of sp³-hybridized carbons (Fsp3) is 0.375. The van der Waals surface area contributed by atoms with Gasteiger partial charge in [-0.1, -0.05) is 29.8 Å². The molecule has 0 saturated carbocycles. The van der Waals surface area contributed by atoms with Gasteiger partial charge in [0.1, 0.15) is 5.82 Å². The highest BCUT2D eigenvalue weighted by molar-refractivity contribution is 5.27. The Hall–Kier alpha value is -1.74. The van der Waals surface area contributed by atoms with E-state index < -0.39 is 0 Å². The van der Waals surface area contributed by atoms with Crippen LogP contribution in [0.25, 0.3) is 0 Å². The average molecular weight is 253 g/mol. The minimum absolute atomic E-state index is 0.122. The van der Waals surface area contributed by atoms with Crippen LogP contribution in [0.3, 0.4) is 0 Å². The van der Waals surface area contributed by atoms with Crippen molar-refractivity contribution in [3.63, 3.8) is 0 Å². The Labute approximate surface area is 113 Å². The molecule has 0 spiro atoms. The quantitative estimate of drug-likeness (QED) is 0.895. The molecule has 3 nitrogen and oxygen atoms in total. The standard InChI is InChI=1S/C16H19N3/c1-11-5-7-12(8-6-11)9-16-18-10-13-14(17)3-2-4-15(13)19-16/h5-8,10,14H,2-4,9,17H2,1H3. The van der Waals surface area contributed by atoms with Crippen molar-refractivity contribution < 1.29 is 0 Å². The number of hydrogen-bond acceptors (Lipinski definition) is 3. The second-order valence-electron chi connectivity index (χ2n) is 5.35. The van der Waals surface area contributed by atoms with Crippen LogP contribution in [-0.4, -0.2) is 9.97 Å². The van der Waals surface area contributed by atoms with Crippen molar-refractivity contribution in [2.24, 2.45) is 5.73 Å². The van der Waals surface area contributed by atoms with Gasteiger partial charge in [0.2, 0.25) is 0 Å². The number of aryl methyl sites for hydroxylation is 2. The van der Waals surface area contributed by atoms with Crippen molar-refractivity contribution >= 4 is 0 Å². The zero-order valence-electron chi connectivity index (χ0n) is 11.3. The third-order valence-electron chi connectivity index (χ3n) is 3.76. The number of nitrogens with two attached hydrogens (primary N) is 1. The molecule has 0 radical (unpaired) electrons. The summed E-state index contributed by atoms with van der Waals surface area (Å²) in [5.41, 5.74) is 10.9. The first kappa shape index (κ1) is 12.3. The molecule has 1 heterocycles. The molecular weight excluding hydrogens is 234 g/mol. The number of fused-ring (bicyclic) bond motifs is 1. The maximum absolute atomic E-state index is 6.09. The molecular formula is C16H19N3. The molecule has 3 heteroatoms. The molecule has 1 aliphatic rings. The van der Waals surface area contributed by atoms with Crippen LogP contribution in [0.15, 0.2) is 30.5 Å². The van der Waals surface area contributed by atoms with Crippen LogP contribution < -0.4 is 5.73 Å². The summed E-state index contributed by atoms with van der Waals surface area (Å²) >= 11 is 0. The molecule has 1 aromatic carbocycles. The number of hydrogen-bond donors (Lipinski definition) is 1. The van der Waals surface area contributed by atoms with Crippen LogP contribution in [0, 0.1) is 6.92 Å². The largest absolute Gasteiger partial charge is 0.324 e. The minimum Gasteiger partial charge on any atom is -0.324 e. The van der Waals surface area contributed by atoms with E-state index in [9.17, 15) is 0 Å². The highest BCUT2D eigenvalue weighted by atomic mass is 14.9. The first-order valence-corrected chi connectivity index (χ1v) is 6.88. The number of benzene rings is 1. The number of nitrogens with zero attached hydrogens (tertiary/aromatic N) is 2. The van der Waals surface area contributed by atoms with Gasteiger partial charge in [0.25, 0.3) is 0 Å². The van der Waals surface area contributed by atoms with Gasteiger partial charge >= 0.3 is 0 Å². The van der Waals surface area contributed by atoms with Gasteiger partial charge in [-0.2, -0.15) is 0 Å². The van der Waals surface area contributed by atoms with Gasteiger partial charge in [0.15, 0.2) is 0 Å². The fourth-order valence-corrected chi connectivity index (χ4v) is 2.60. The lowest BCUT2D eigenvalue weighted by atomic mass is 9.93. The van der Waals surface area contributed by atoms with Crippen molar-refractivity contribution in [2.75, 3.05) is 0 Å². The Morgan fingerprint density at radius 1 is 1.26 bits per heavy atom. The number of rotatable bonds is 2. The van der Waals surface area contributed by atoms with E-state index in [1.807, 2.05) is 6.20 Å². The fourth-order valence-electron chi connectivity index (χ4n) is 2.60. The molecule has 0 aliphatic heterocycles. The third kappa shape index (κ3) is 2.66. The summed E-state index contributed by atoms with van der Waals surface area (Å²) < 4.78 is 0. The summed E-state index contributed by atoms with van der Waals surface area (Å²) in [5, 5.41) is 0. The molecule has 1 aromatic heterocycles. The lowest BCUT2D eigenvalue weighted by Gasteiger charge is -2.21. The summed E-state index contributed by atoms with van der Waals surface area (Å²) in [6.45, 7) is 2.10. The highest BCUT2D eigenvalue weighted by Gasteiger charge is 2.18. The predicted molar refractivity (Wildman–Crippen MR) is 75.9 cm³/mol. The molecule has 0 saturated heterocycles. The summed E-state index contributed by atoms with van der Waals surface area (Å²) in [6.07, 6.45) is 5.94. The van der Waals surface area contributed by atoms with Gasteiger partial charge in [-0.15, -0.1) is 0 Å². The van der Waals surface area contributed by atoms with E-state index in [4.69, 9.17) is 10.7 Å². The smallest absolute Gasteiger partial charge is 0.132 e. The minimum atomic E-state index is 0.122. The lowest BCUT2D eigenvalue weighted by molar-refractivity contribution is 0.553. The van der Waals surface area contributed by atoms with E-state index in [1.54, 1.807) is 0 Å². The van der Waals surface area contributed by atoms with Gasteiger partial charge in [0, 0.05) is 29.9 Å². The molecule has 98 valence electrons. The Balaban J connectivity index is 1.84. The summed E-state index contributed by atoms with van der Waals surface area (Å²) in [6, 6.07) is 8.67. The van der Waals surface area contributed by atoms with Crippen molar-refractivity contribution in [1.82, 2.24) is 9.97 Å². The predicted octanol–water partition coefficient (Wildman–Crippen LogP) is 2.71. The molecule has 2 N–H and O–H groups in total. The lowest BCUT2D eigenvalue weighted by Crippen LogP contribution is -2.19. The Morgan fingerprint density at radius 2 is 2.05 bits per heavy atom. The van der Waals surface area contributed by atoms with Gasteiger partial charge in [-0.3, -0.25) is 0 Å². The van der Waals surface area contributed by atoms with Crippen LogP contribution in [0.5, 0.6) is 0 Å². The Bertz CT molecular complexity index is 575. The maximum atomic E-state index is 6.09. The second kappa shape index (κ2) is 5.10. The van der Waals surface area contributed by atoms with E-state index in [0.717, 1.165) is 42.8 Å². The van der Waals surface area contributed by atoms with Gasteiger partial charge in [-0.05, 0) is 31.7 Å². The zero-order valence-corrected chi connectivity index (χ0v) is 11.3. The van der Waals surface area contributed by atoms with E-state index >= 15 is 0 Å². The molecule has 0 bridgehead atoms. The first-order chi connectivity index (χ1) is 9.22. The molecule has 0 fully saturated rings. The van der Waals surface area contributed by atoms with E-state index in [1.165, 1.54) is 11.1 Å². The van der Waals surface area contributed by atoms with Gasteiger partial charge in [0.05, 0.1) is 0 Å². The SMILES string of the molecule is Cc1ccc(Cc2ncc3c(n2)CCCC3N)cc1. The molecule has 0 amide bonds.